The second-order valence-corrected chi connectivity index (χ2v) is 5.68. The number of benzene rings is 1. The fourth-order valence-electron chi connectivity index (χ4n) is 1.38. The zero-order chi connectivity index (χ0) is 12.1. The van der Waals surface area contributed by atoms with E-state index in [2.05, 4.69) is 5.32 Å². The SMILES string of the molecule is Cc1cc(Cl)cc(CNCCS(C)=O)c1O. The van der Waals surface area contributed by atoms with Crippen molar-refractivity contribution >= 4 is 22.4 Å². The fraction of sp³-hybridized carbons (Fsp3) is 0.455. The van der Waals surface area contributed by atoms with Gasteiger partial charge in [0.2, 0.25) is 0 Å². The first-order valence-electron chi connectivity index (χ1n) is 4.99. The molecule has 16 heavy (non-hydrogen) atoms. The normalized spacial score (nSPS) is 12.7. The van der Waals surface area contributed by atoms with Gasteiger partial charge < -0.3 is 10.4 Å². The molecule has 1 aromatic rings. The Balaban J connectivity index is 2.57. The summed E-state index contributed by atoms with van der Waals surface area (Å²) >= 11 is 5.90. The summed E-state index contributed by atoms with van der Waals surface area (Å²) in [4.78, 5) is 0. The Labute approximate surface area is 103 Å². The first kappa shape index (κ1) is 13.5. The predicted octanol–water partition coefficient (Wildman–Crippen LogP) is 1.82. The number of halogens is 1. The molecule has 1 aromatic carbocycles. The first-order chi connectivity index (χ1) is 7.50. The van der Waals surface area contributed by atoms with Gasteiger partial charge in [0.25, 0.3) is 0 Å². The summed E-state index contributed by atoms with van der Waals surface area (Å²) in [6.45, 7) is 3.00. The van der Waals surface area contributed by atoms with Crippen LogP contribution < -0.4 is 5.32 Å². The van der Waals surface area contributed by atoms with Gasteiger partial charge in [-0.1, -0.05) is 11.6 Å². The van der Waals surface area contributed by atoms with Crippen LogP contribution in [0.3, 0.4) is 0 Å². The van der Waals surface area contributed by atoms with Gasteiger partial charge in [0.15, 0.2) is 0 Å². The van der Waals surface area contributed by atoms with Gasteiger partial charge in [-0.25, -0.2) is 0 Å². The molecule has 3 nitrogen and oxygen atoms in total. The van der Waals surface area contributed by atoms with Crippen LogP contribution in [0.1, 0.15) is 11.1 Å². The number of phenolic OH excluding ortho intramolecular Hbond substituents is 1. The van der Waals surface area contributed by atoms with Crippen LogP contribution in [0, 0.1) is 6.92 Å². The molecule has 0 spiro atoms. The Morgan fingerprint density at radius 3 is 2.81 bits per heavy atom. The first-order valence-corrected chi connectivity index (χ1v) is 7.10. The van der Waals surface area contributed by atoms with E-state index in [-0.39, 0.29) is 5.75 Å². The van der Waals surface area contributed by atoms with Crippen molar-refractivity contribution in [1.29, 1.82) is 0 Å². The van der Waals surface area contributed by atoms with E-state index in [9.17, 15) is 9.32 Å². The fourth-order valence-corrected chi connectivity index (χ4v) is 2.11. The van der Waals surface area contributed by atoms with Crippen LogP contribution in [0.4, 0.5) is 0 Å². The third-order valence-corrected chi connectivity index (χ3v) is 3.22. The second-order valence-electron chi connectivity index (χ2n) is 3.68. The minimum Gasteiger partial charge on any atom is -0.507 e. The van der Waals surface area contributed by atoms with Crippen molar-refractivity contribution in [2.75, 3.05) is 18.6 Å². The summed E-state index contributed by atoms with van der Waals surface area (Å²) in [5.74, 6) is 0.884. The van der Waals surface area contributed by atoms with E-state index < -0.39 is 10.8 Å². The van der Waals surface area contributed by atoms with Crippen LogP contribution in [0.15, 0.2) is 12.1 Å². The van der Waals surface area contributed by atoms with Crippen LogP contribution in [0.5, 0.6) is 5.75 Å². The number of phenols is 1. The standard InChI is InChI=1S/C11H16ClNO2S/c1-8-5-10(12)6-9(11(8)14)7-13-3-4-16(2)15/h5-6,13-14H,3-4,7H2,1-2H3. The molecule has 0 bridgehead atoms. The molecule has 0 heterocycles. The average molecular weight is 262 g/mol. The Hall–Kier alpha value is -0.580. The monoisotopic (exact) mass is 261 g/mol. The van der Waals surface area contributed by atoms with Crippen molar-refractivity contribution in [3.63, 3.8) is 0 Å². The molecule has 1 rings (SSSR count). The van der Waals surface area contributed by atoms with Gasteiger partial charge in [-0.15, -0.1) is 0 Å². The van der Waals surface area contributed by atoms with E-state index in [0.29, 0.717) is 23.9 Å². The van der Waals surface area contributed by atoms with Crippen molar-refractivity contribution in [3.8, 4) is 5.75 Å². The molecule has 2 N–H and O–H groups in total. The number of rotatable bonds is 5. The van der Waals surface area contributed by atoms with Crippen LogP contribution >= 0.6 is 11.6 Å². The van der Waals surface area contributed by atoms with E-state index in [1.54, 1.807) is 18.4 Å². The van der Waals surface area contributed by atoms with Gasteiger partial charge >= 0.3 is 0 Å². The molecule has 0 radical (unpaired) electrons. The molecule has 0 saturated heterocycles. The van der Waals surface area contributed by atoms with Crippen molar-refractivity contribution in [2.45, 2.75) is 13.5 Å². The highest BCUT2D eigenvalue weighted by Gasteiger charge is 2.05. The lowest BCUT2D eigenvalue weighted by Gasteiger charge is -2.09. The smallest absolute Gasteiger partial charge is 0.123 e. The molecule has 1 unspecified atom stereocenters. The summed E-state index contributed by atoms with van der Waals surface area (Å²) in [6, 6.07) is 3.46. The van der Waals surface area contributed by atoms with Gasteiger partial charge in [0.1, 0.15) is 5.75 Å². The van der Waals surface area contributed by atoms with E-state index in [0.717, 1.165) is 11.1 Å². The Bertz CT molecular complexity index is 396. The maximum atomic E-state index is 10.8. The van der Waals surface area contributed by atoms with Crippen LogP contribution in [-0.4, -0.2) is 27.9 Å². The van der Waals surface area contributed by atoms with Gasteiger partial charge in [-0.3, -0.25) is 4.21 Å². The van der Waals surface area contributed by atoms with Gasteiger partial charge in [0.05, 0.1) is 0 Å². The third kappa shape index (κ3) is 4.12. The molecule has 0 amide bonds. The van der Waals surface area contributed by atoms with Crippen molar-refractivity contribution in [1.82, 2.24) is 5.32 Å². The van der Waals surface area contributed by atoms with Gasteiger partial charge in [-0.2, -0.15) is 0 Å². The Morgan fingerprint density at radius 2 is 2.19 bits per heavy atom. The van der Waals surface area contributed by atoms with Crippen LogP contribution in [-0.2, 0) is 17.3 Å². The molecular formula is C11H16ClNO2S. The molecular weight excluding hydrogens is 246 g/mol. The van der Waals surface area contributed by atoms with Crippen molar-refractivity contribution in [2.24, 2.45) is 0 Å². The minimum atomic E-state index is -0.789. The highest BCUT2D eigenvalue weighted by Crippen LogP contribution is 2.26. The minimum absolute atomic E-state index is 0.273. The highest BCUT2D eigenvalue weighted by molar-refractivity contribution is 7.84. The Morgan fingerprint density at radius 1 is 1.50 bits per heavy atom. The lowest BCUT2D eigenvalue weighted by Crippen LogP contribution is -2.19. The molecule has 0 aliphatic heterocycles. The van der Waals surface area contributed by atoms with Crippen LogP contribution in [0.25, 0.3) is 0 Å². The van der Waals surface area contributed by atoms with Gasteiger partial charge in [0, 0.05) is 46.5 Å². The largest absolute Gasteiger partial charge is 0.507 e. The number of hydrogen-bond acceptors (Lipinski definition) is 3. The molecule has 0 aliphatic carbocycles. The number of aryl methyl sites for hydroxylation is 1. The topological polar surface area (TPSA) is 49.3 Å². The average Bonchev–Trinajstić information content (AvgIpc) is 2.19. The summed E-state index contributed by atoms with van der Waals surface area (Å²) in [5, 5.41) is 13.5. The quantitative estimate of drug-likeness (QED) is 0.795. The van der Waals surface area contributed by atoms with E-state index in [4.69, 9.17) is 11.6 Å². The van der Waals surface area contributed by atoms with E-state index in [1.807, 2.05) is 6.92 Å². The molecule has 1 atom stereocenters. The predicted molar refractivity (Wildman–Crippen MR) is 68.5 cm³/mol. The van der Waals surface area contributed by atoms with Crippen molar-refractivity contribution in [3.05, 3.63) is 28.3 Å². The van der Waals surface area contributed by atoms with Crippen LogP contribution in [0.2, 0.25) is 5.02 Å². The summed E-state index contributed by atoms with van der Waals surface area (Å²) < 4.78 is 10.8. The second kappa shape index (κ2) is 6.23. The third-order valence-electron chi connectivity index (χ3n) is 2.23. The Kier molecular flexibility index (Phi) is 5.25. The molecule has 0 saturated carbocycles. The molecule has 0 aromatic heterocycles. The maximum Gasteiger partial charge on any atom is 0.123 e. The van der Waals surface area contributed by atoms with Crippen molar-refractivity contribution < 1.29 is 9.32 Å². The molecule has 0 fully saturated rings. The number of aromatic hydroxyl groups is 1. The molecule has 0 aliphatic rings. The maximum absolute atomic E-state index is 10.8. The lowest BCUT2D eigenvalue weighted by atomic mass is 10.1. The summed E-state index contributed by atoms with van der Waals surface area (Å²) in [6.07, 6.45) is 1.67. The summed E-state index contributed by atoms with van der Waals surface area (Å²) in [7, 11) is -0.789. The number of nitrogens with one attached hydrogen (secondary N) is 1. The number of hydrogen-bond donors (Lipinski definition) is 2. The zero-order valence-corrected chi connectivity index (χ0v) is 11.0. The van der Waals surface area contributed by atoms with Gasteiger partial charge in [-0.05, 0) is 24.6 Å². The summed E-state index contributed by atoms with van der Waals surface area (Å²) in [5.41, 5.74) is 1.54. The molecule has 90 valence electrons. The molecule has 5 heteroatoms. The highest BCUT2D eigenvalue weighted by atomic mass is 35.5. The van der Waals surface area contributed by atoms with E-state index in [1.165, 1.54) is 0 Å². The zero-order valence-electron chi connectivity index (χ0n) is 9.42. The lowest BCUT2D eigenvalue weighted by molar-refractivity contribution is 0.461. The van der Waals surface area contributed by atoms with E-state index >= 15 is 0 Å².